The standard InChI is InChI=1S/C32H26N2O4/c1-31(2,3)33-27(35)19-11-7-15-17-9-13-21-26-22(30(38)34(29(21)37)32(4,5)6)14-10-18(24(17)26)16-8-12-20(28(33)36)25(19)23(15)16/h7-14H,1-6H3. The Morgan fingerprint density at radius 3 is 0.842 bits per heavy atom. The van der Waals surface area contributed by atoms with E-state index in [9.17, 15) is 19.2 Å². The van der Waals surface area contributed by atoms with Gasteiger partial charge in [-0.05, 0) is 98.1 Å². The molecule has 5 aromatic rings. The van der Waals surface area contributed by atoms with Crippen LogP contribution in [0.1, 0.15) is 83.0 Å². The molecule has 5 aromatic carbocycles. The van der Waals surface area contributed by atoms with Crippen molar-refractivity contribution in [2.75, 3.05) is 0 Å². The molecule has 0 unspecified atom stereocenters. The van der Waals surface area contributed by atoms with Gasteiger partial charge in [-0.15, -0.1) is 0 Å². The molecule has 38 heavy (non-hydrogen) atoms. The van der Waals surface area contributed by atoms with E-state index in [2.05, 4.69) is 0 Å². The highest BCUT2D eigenvalue weighted by molar-refractivity contribution is 6.41. The second-order valence-corrected chi connectivity index (χ2v) is 12.4. The first-order valence-corrected chi connectivity index (χ1v) is 12.8. The number of carbonyl (C=O) groups excluding carboxylic acids is 4. The summed E-state index contributed by atoms with van der Waals surface area (Å²) in [4.78, 5) is 57.0. The Morgan fingerprint density at radius 1 is 0.395 bits per heavy atom. The third kappa shape index (κ3) is 2.57. The Labute approximate surface area is 219 Å². The van der Waals surface area contributed by atoms with E-state index in [1.807, 2.05) is 65.8 Å². The van der Waals surface area contributed by atoms with Gasteiger partial charge in [0.05, 0.1) is 0 Å². The summed E-state index contributed by atoms with van der Waals surface area (Å²) in [5.74, 6) is -1.19. The van der Waals surface area contributed by atoms with Gasteiger partial charge in [-0.1, -0.05) is 24.3 Å². The smallest absolute Gasteiger partial charge is 0.261 e. The van der Waals surface area contributed by atoms with Crippen molar-refractivity contribution in [2.24, 2.45) is 0 Å². The third-order valence-electron chi connectivity index (χ3n) is 7.98. The molecule has 6 heteroatoms. The number of hydrogen-bond acceptors (Lipinski definition) is 4. The summed E-state index contributed by atoms with van der Waals surface area (Å²) in [6, 6.07) is 14.9. The molecule has 0 fully saturated rings. The minimum absolute atomic E-state index is 0.298. The Balaban J connectivity index is 1.63. The number of imide groups is 2. The van der Waals surface area contributed by atoms with Crippen LogP contribution in [0.4, 0.5) is 0 Å². The summed E-state index contributed by atoms with van der Waals surface area (Å²) in [5, 5.41) is 6.60. The highest BCUT2D eigenvalue weighted by Gasteiger charge is 2.42. The van der Waals surface area contributed by atoms with Crippen LogP contribution in [0, 0.1) is 0 Å². The quantitative estimate of drug-likeness (QED) is 0.137. The van der Waals surface area contributed by atoms with Gasteiger partial charge >= 0.3 is 0 Å². The van der Waals surface area contributed by atoms with Crippen LogP contribution in [0.2, 0.25) is 0 Å². The molecule has 0 saturated carbocycles. The summed E-state index contributed by atoms with van der Waals surface area (Å²) >= 11 is 0. The lowest BCUT2D eigenvalue weighted by atomic mass is 9.81. The number of amides is 4. The van der Waals surface area contributed by atoms with E-state index in [0.717, 1.165) is 32.3 Å². The number of benzene rings is 5. The number of rotatable bonds is 0. The predicted octanol–water partition coefficient (Wildman–Crippen LogP) is 6.53. The van der Waals surface area contributed by atoms with Crippen LogP contribution in [0.5, 0.6) is 0 Å². The van der Waals surface area contributed by atoms with Crippen molar-refractivity contribution in [1.29, 1.82) is 0 Å². The van der Waals surface area contributed by atoms with Gasteiger partial charge in [0.25, 0.3) is 23.6 Å². The maximum atomic E-state index is 13.6. The zero-order valence-electron chi connectivity index (χ0n) is 22.1. The molecule has 0 aromatic heterocycles. The van der Waals surface area contributed by atoms with E-state index in [1.54, 1.807) is 24.3 Å². The van der Waals surface area contributed by atoms with Crippen molar-refractivity contribution < 1.29 is 19.2 Å². The van der Waals surface area contributed by atoms with E-state index in [-0.39, 0.29) is 23.6 Å². The number of hydrogen-bond donors (Lipinski definition) is 0. The van der Waals surface area contributed by atoms with Gasteiger partial charge in [-0.3, -0.25) is 29.0 Å². The van der Waals surface area contributed by atoms with Crippen LogP contribution in [0.15, 0.2) is 48.5 Å². The largest absolute Gasteiger partial charge is 0.269 e. The summed E-state index contributed by atoms with van der Waals surface area (Å²) in [7, 11) is 0. The van der Waals surface area contributed by atoms with Gasteiger partial charge in [-0.2, -0.15) is 0 Å². The SMILES string of the molecule is CC(C)(C)N1C(=O)c2ccc3c4ccc5c6c(ccc(c7ccc(c2c37)C1=O)c64)C(=O)N(C(C)(C)C)C5=O. The minimum Gasteiger partial charge on any atom is -0.269 e. The Kier molecular flexibility index (Phi) is 4.06. The van der Waals surface area contributed by atoms with Gasteiger partial charge in [0.2, 0.25) is 0 Å². The average molecular weight is 503 g/mol. The highest BCUT2D eigenvalue weighted by Crippen LogP contribution is 2.47. The van der Waals surface area contributed by atoms with Gasteiger partial charge in [-0.25, -0.2) is 0 Å². The summed E-state index contributed by atoms with van der Waals surface area (Å²) < 4.78 is 0. The van der Waals surface area contributed by atoms with Crippen LogP contribution < -0.4 is 0 Å². The molecule has 0 atom stereocenters. The van der Waals surface area contributed by atoms with Crippen molar-refractivity contribution in [3.8, 4) is 0 Å². The molecule has 0 radical (unpaired) electrons. The molecule has 2 aliphatic rings. The lowest BCUT2D eigenvalue weighted by Gasteiger charge is -2.38. The van der Waals surface area contributed by atoms with Crippen LogP contribution in [0.25, 0.3) is 43.1 Å². The Morgan fingerprint density at radius 2 is 0.632 bits per heavy atom. The van der Waals surface area contributed by atoms with Crippen LogP contribution in [-0.2, 0) is 0 Å². The number of fused-ring (bicyclic) bond motifs is 2. The zero-order chi connectivity index (χ0) is 27.0. The summed E-state index contributed by atoms with van der Waals surface area (Å²) in [6.45, 7) is 11.1. The molecule has 2 aliphatic heterocycles. The van der Waals surface area contributed by atoms with E-state index in [1.165, 1.54) is 9.80 Å². The molecule has 0 spiro atoms. The first-order valence-electron chi connectivity index (χ1n) is 12.8. The first kappa shape index (κ1) is 22.8. The minimum atomic E-state index is -0.661. The molecule has 0 N–H and O–H groups in total. The normalized spacial score (nSPS) is 16.3. The van der Waals surface area contributed by atoms with Gasteiger partial charge in [0.1, 0.15) is 0 Å². The van der Waals surface area contributed by atoms with Crippen molar-refractivity contribution in [3.05, 3.63) is 70.8 Å². The summed E-state index contributed by atoms with van der Waals surface area (Å²) in [6.07, 6.45) is 0. The first-order chi connectivity index (χ1) is 17.8. The predicted molar refractivity (Wildman–Crippen MR) is 148 cm³/mol. The lowest BCUT2D eigenvalue weighted by Crippen LogP contribution is -2.51. The van der Waals surface area contributed by atoms with E-state index >= 15 is 0 Å². The van der Waals surface area contributed by atoms with E-state index in [0.29, 0.717) is 33.0 Å². The average Bonchev–Trinajstić information content (AvgIpc) is 2.83. The number of carbonyl (C=O) groups is 4. The Bertz CT molecular complexity index is 1710. The van der Waals surface area contributed by atoms with Crippen molar-refractivity contribution in [2.45, 2.75) is 52.6 Å². The van der Waals surface area contributed by atoms with Crippen LogP contribution >= 0.6 is 0 Å². The highest BCUT2D eigenvalue weighted by atomic mass is 16.2. The molecule has 4 amide bonds. The number of nitrogens with zero attached hydrogens (tertiary/aromatic N) is 2. The molecular weight excluding hydrogens is 476 g/mol. The lowest BCUT2D eigenvalue weighted by molar-refractivity contribution is 0.0442. The molecule has 2 heterocycles. The van der Waals surface area contributed by atoms with Gasteiger partial charge in [0.15, 0.2) is 0 Å². The molecule has 6 nitrogen and oxygen atoms in total. The van der Waals surface area contributed by atoms with Crippen molar-refractivity contribution in [3.63, 3.8) is 0 Å². The molecule has 0 saturated heterocycles. The van der Waals surface area contributed by atoms with Crippen LogP contribution in [-0.4, -0.2) is 44.5 Å². The zero-order valence-corrected chi connectivity index (χ0v) is 22.1. The topological polar surface area (TPSA) is 74.8 Å². The van der Waals surface area contributed by atoms with Gasteiger partial charge in [0, 0.05) is 44.1 Å². The maximum Gasteiger partial charge on any atom is 0.261 e. The fourth-order valence-electron chi connectivity index (χ4n) is 6.49. The van der Waals surface area contributed by atoms with Crippen molar-refractivity contribution in [1.82, 2.24) is 9.80 Å². The second kappa shape index (κ2) is 6.76. The van der Waals surface area contributed by atoms with E-state index < -0.39 is 11.1 Å². The third-order valence-corrected chi connectivity index (χ3v) is 7.98. The fourth-order valence-corrected chi connectivity index (χ4v) is 6.49. The molecule has 188 valence electrons. The summed E-state index contributed by atoms with van der Waals surface area (Å²) in [5.41, 5.74) is 0.716. The maximum absolute atomic E-state index is 13.6. The fraction of sp³-hybridized carbons (Fsp3) is 0.250. The molecule has 0 bridgehead atoms. The molecule has 7 rings (SSSR count). The van der Waals surface area contributed by atoms with Crippen molar-refractivity contribution >= 4 is 66.7 Å². The molecular formula is C32H26N2O4. The van der Waals surface area contributed by atoms with Gasteiger partial charge < -0.3 is 0 Å². The van der Waals surface area contributed by atoms with Crippen LogP contribution in [0.3, 0.4) is 0 Å². The molecule has 0 aliphatic carbocycles. The Hall–Kier alpha value is -4.32. The monoisotopic (exact) mass is 502 g/mol. The van der Waals surface area contributed by atoms with E-state index in [4.69, 9.17) is 0 Å². The second-order valence-electron chi connectivity index (χ2n) is 12.4.